The molecule has 252 valence electrons. The minimum Gasteiger partial charge on any atom is -0.228 e. The van der Waals surface area contributed by atoms with Gasteiger partial charge in [-0.05, 0) is 90.0 Å². The molecule has 0 fully saturated rings. The van der Waals surface area contributed by atoms with Gasteiger partial charge in [-0.25, -0.2) is 9.97 Å². The van der Waals surface area contributed by atoms with Crippen LogP contribution in [-0.4, -0.2) is 9.97 Å². The molecule has 0 N–H and O–H groups in total. The number of fused-ring (bicyclic) bond motifs is 3. The number of hydrogen-bond donors (Lipinski definition) is 0. The maximum Gasteiger partial charge on any atom is 0.160 e. The Kier molecular flexibility index (Phi) is 7.85. The quantitative estimate of drug-likeness (QED) is 0.174. The second-order valence-corrected chi connectivity index (χ2v) is 13.9. The molecule has 0 aliphatic carbocycles. The van der Waals surface area contributed by atoms with Crippen molar-refractivity contribution in [3.8, 4) is 67.3 Å². The molecule has 0 radical (unpaired) electrons. The Morgan fingerprint density at radius 1 is 0.204 bits per heavy atom. The van der Waals surface area contributed by atoms with Gasteiger partial charge in [0.15, 0.2) is 5.82 Å². The minimum absolute atomic E-state index is 0.699. The van der Waals surface area contributed by atoms with Crippen LogP contribution in [0.1, 0.15) is 0 Å². The second kappa shape index (κ2) is 13.4. The van der Waals surface area contributed by atoms with E-state index < -0.39 is 0 Å². The molecule has 0 amide bonds. The fourth-order valence-electron chi connectivity index (χ4n) is 7.46. The van der Waals surface area contributed by atoms with Gasteiger partial charge in [0.25, 0.3) is 0 Å². The number of hydrogen-bond acceptors (Lipinski definition) is 2. The van der Waals surface area contributed by atoms with E-state index in [-0.39, 0.29) is 0 Å². The van der Waals surface area contributed by atoms with Crippen molar-refractivity contribution in [2.24, 2.45) is 0 Å². The zero-order valence-electron chi connectivity index (χ0n) is 29.5. The van der Waals surface area contributed by atoms with Crippen molar-refractivity contribution in [3.63, 3.8) is 0 Å². The summed E-state index contributed by atoms with van der Waals surface area (Å²) in [6.45, 7) is 0. The first-order valence-electron chi connectivity index (χ1n) is 18.4. The summed E-state index contributed by atoms with van der Waals surface area (Å²) in [5.41, 5.74) is 11.9. The number of aromatic nitrogens is 2. The lowest BCUT2D eigenvalue weighted by Gasteiger charge is -2.12. The summed E-state index contributed by atoms with van der Waals surface area (Å²) in [4.78, 5) is 10.3. The van der Waals surface area contributed by atoms with Crippen molar-refractivity contribution in [2.75, 3.05) is 0 Å². The summed E-state index contributed by atoms with van der Waals surface area (Å²) < 4.78 is 0. The maximum atomic E-state index is 5.17. The molecular formula is C52H34N2. The minimum atomic E-state index is 0.699. The van der Waals surface area contributed by atoms with E-state index in [4.69, 9.17) is 9.97 Å². The van der Waals surface area contributed by atoms with Crippen LogP contribution in [0.15, 0.2) is 206 Å². The number of rotatable bonds is 6. The lowest BCUT2D eigenvalue weighted by molar-refractivity contribution is 1.18. The molecule has 0 spiro atoms. The van der Waals surface area contributed by atoms with Crippen LogP contribution in [0.4, 0.5) is 0 Å². The molecule has 10 aromatic rings. The molecule has 9 aromatic carbocycles. The summed E-state index contributed by atoms with van der Waals surface area (Å²) in [5, 5.41) is 7.44. The molecule has 0 saturated carbocycles. The number of nitrogens with zero attached hydrogens (tertiary/aromatic N) is 2. The molecule has 0 bridgehead atoms. The molecule has 0 saturated heterocycles. The smallest absolute Gasteiger partial charge is 0.160 e. The van der Waals surface area contributed by atoms with Gasteiger partial charge in [0.1, 0.15) is 0 Å². The summed E-state index contributed by atoms with van der Waals surface area (Å²) in [5.74, 6) is 0.699. The molecule has 0 unspecified atom stereocenters. The molecule has 0 aliphatic heterocycles. The van der Waals surface area contributed by atoms with Crippen molar-refractivity contribution in [1.29, 1.82) is 0 Å². The van der Waals surface area contributed by atoms with Gasteiger partial charge in [-0.15, -0.1) is 0 Å². The Morgan fingerprint density at radius 2 is 0.481 bits per heavy atom. The van der Waals surface area contributed by atoms with Gasteiger partial charge in [-0.1, -0.05) is 182 Å². The summed E-state index contributed by atoms with van der Waals surface area (Å²) in [6, 6.07) is 73.6. The van der Waals surface area contributed by atoms with Crippen LogP contribution in [0.5, 0.6) is 0 Å². The van der Waals surface area contributed by atoms with Gasteiger partial charge in [0.2, 0.25) is 0 Å². The maximum absolute atomic E-state index is 5.17. The topological polar surface area (TPSA) is 25.8 Å². The van der Waals surface area contributed by atoms with Crippen LogP contribution in [0.3, 0.4) is 0 Å². The molecule has 0 aliphatic rings. The molecule has 1 heterocycles. The van der Waals surface area contributed by atoms with Crippen LogP contribution in [0.25, 0.3) is 99.6 Å². The van der Waals surface area contributed by atoms with E-state index in [0.717, 1.165) is 33.6 Å². The highest BCUT2D eigenvalue weighted by molar-refractivity contribution is 5.90. The Bertz CT molecular complexity index is 2620. The van der Waals surface area contributed by atoms with Gasteiger partial charge in [0.05, 0.1) is 11.4 Å². The molecule has 0 atom stereocenters. The van der Waals surface area contributed by atoms with E-state index in [1.807, 2.05) is 0 Å². The molecule has 54 heavy (non-hydrogen) atoms. The predicted molar refractivity (Wildman–Crippen MR) is 227 cm³/mol. The van der Waals surface area contributed by atoms with Crippen LogP contribution < -0.4 is 0 Å². The van der Waals surface area contributed by atoms with Gasteiger partial charge in [-0.3, -0.25) is 0 Å². The monoisotopic (exact) mass is 686 g/mol. The van der Waals surface area contributed by atoms with Crippen LogP contribution in [0, 0.1) is 0 Å². The van der Waals surface area contributed by atoms with E-state index in [0.29, 0.717) is 5.82 Å². The van der Waals surface area contributed by atoms with Gasteiger partial charge >= 0.3 is 0 Å². The Morgan fingerprint density at radius 3 is 0.833 bits per heavy atom. The zero-order valence-corrected chi connectivity index (χ0v) is 29.5. The van der Waals surface area contributed by atoms with Crippen molar-refractivity contribution >= 4 is 32.3 Å². The first kappa shape index (κ1) is 31.6. The van der Waals surface area contributed by atoms with Crippen LogP contribution in [-0.2, 0) is 0 Å². The van der Waals surface area contributed by atoms with Crippen molar-refractivity contribution in [2.45, 2.75) is 0 Å². The van der Waals surface area contributed by atoms with Crippen molar-refractivity contribution in [3.05, 3.63) is 206 Å². The van der Waals surface area contributed by atoms with E-state index in [1.165, 1.54) is 60.1 Å². The van der Waals surface area contributed by atoms with E-state index in [9.17, 15) is 0 Å². The Hall–Kier alpha value is -7.16. The van der Waals surface area contributed by atoms with Crippen molar-refractivity contribution < 1.29 is 0 Å². The van der Waals surface area contributed by atoms with E-state index in [1.54, 1.807) is 0 Å². The Balaban J connectivity index is 1.02. The largest absolute Gasteiger partial charge is 0.228 e. The zero-order chi connectivity index (χ0) is 35.8. The standard InChI is InChI=1S/C52H34N2/c1-4-10-44-31-47(28-19-35(44)7-1)38-13-22-41(23-14-38)50-34-51(42-24-15-39(16-25-42)48-29-20-36-8-2-5-11-45(36)32-48)54-52(53-50)43-26-17-40(18-27-43)49-30-21-37-9-3-6-12-46(37)33-49/h1-34H. The fraction of sp³-hybridized carbons (Fsp3) is 0. The first-order valence-corrected chi connectivity index (χ1v) is 18.4. The third-order valence-corrected chi connectivity index (χ3v) is 10.5. The van der Waals surface area contributed by atoms with E-state index in [2.05, 4.69) is 206 Å². The first-order chi connectivity index (χ1) is 26.7. The summed E-state index contributed by atoms with van der Waals surface area (Å²) >= 11 is 0. The lowest BCUT2D eigenvalue weighted by Crippen LogP contribution is -1.96. The average molecular weight is 687 g/mol. The molecule has 2 heteroatoms. The highest BCUT2D eigenvalue weighted by Gasteiger charge is 2.13. The Labute approximate surface area is 314 Å². The SMILES string of the molecule is c1ccc2cc(-c3ccc(-c4cc(-c5ccc(-c6ccc7ccccc7c6)cc5)nc(-c5ccc(-c6ccc7ccccc7c6)cc5)n4)cc3)ccc2c1. The van der Waals surface area contributed by atoms with Crippen LogP contribution >= 0.6 is 0 Å². The van der Waals surface area contributed by atoms with E-state index >= 15 is 0 Å². The predicted octanol–water partition coefficient (Wildman–Crippen LogP) is 13.9. The van der Waals surface area contributed by atoms with Gasteiger partial charge in [0, 0.05) is 16.7 Å². The van der Waals surface area contributed by atoms with Crippen molar-refractivity contribution in [1.82, 2.24) is 9.97 Å². The highest BCUT2D eigenvalue weighted by atomic mass is 14.9. The molecular weight excluding hydrogens is 653 g/mol. The molecule has 1 aromatic heterocycles. The lowest BCUT2D eigenvalue weighted by atomic mass is 9.98. The number of benzene rings is 9. The van der Waals surface area contributed by atoms with Crippen LogP contribution in [0.2, 0.25) is 0 Å². The average Bonchev–Trinajstić information content (AvgIpc) is 3.26. The normalized spacial score (nSPS) is 11.3. The van der Waals surface area contributed by atoms with Gasteiger partial charge in [-0.2, -0.15) is 0 Å². The third kappa shape index (κ3) is 6.10. The fourth-order valence-corrected chi connectivity index (χ4v) is 7.46. The second-order valence-electron chi connectivity index (χ2n) is 13.9. The highest BCUT2D eigenvalue weighted by Crippen LogP contribution is 2.33. The van der Waals surface area contributed by atoms with Gasteiger partial charge < -0.3 is 0 Å². The summed E-state index contributed by atoms with van der Waals surface area (Å²) in [7, 11) is 0. The summed E-state index contributed by atoms with van der Waals surface area (Å²) in [6.07, 6.45) is 0. The molecule has 2 nitrogen and oxygen atoms in total. The molecule has 10 rings (SSSR count). The third-order valence-electron chi connectivity index (χ3n) is 10.5.